The van der Waals surface area contributed by atoms with Crippen molar-refractivity contribution in [3.05, 3.63) is 48.0 Å². The Balaban J connectivity index is 2.69. The van der Waals surface area contributed by atoms with Gasteiger partial charge in [0.25, 0.3) is 0 Å². The van der Waals surface area contributed by atoms with Crippen LogP contribution in [0.3, 0.4) is 0 Å². The van der Waals surface area contributed by atoms with Gasteiger partial charge in [-0.15, -0.1) is 0 Å². The van der Waals surface area contributed by atoms with Crippen molar-refractivity contribution in [1.29, 1.82) is 0 Å². The number of nitrogens with one attached hydrogen (secondary N) is 1. The molecule has 1 atom stereocenters. The van der Waals surface area contributed by atoms with Crippen LogP contribution in [-0.2, 0) is 4.79 Å². The summed E-state index contributed by atoms with van der Waals surface area (Å²) in [6.07, 6.45) is 1.28. The van der Waals surface area contributed by atoms with Crippen molar-refractivity contribution in [3.63, 3.8) is 0 Å². The van der Waals surface area contributed by atoms with Gasteiger partial charge in [0, 0.05) is 0 Å². The molecule has 0 unspecified atom stereocenters. The Morgan fingerprint density at radius 1 is 1.43 bits per heavy atom. The summed E-state index contributed by atoms with van der Waals surface area (Å²) in [6, 6.07) is 8.13. The Bertz CT molecular complexity index is 327. The predicted molar refractivity (Wildman–Crippen MR) is 57.9 cm³/mol. The minimum Gasteiger partial charge on any atom is -0.346 e. The van der Waals surface area contributed by atoms with Crippen LogP contribution in [0.5, 0.6) is 0 Å². The minimum atomic E-state index is -0.141. The molecule has 1 aromatic carbocycles. The standard InChI is InChI=1S/C12H15NO/c1-4-12(14)13-10(3)11-7-5-9(2)6-8-11/h4-8,10H,1H2,2-3H3,(H,13,14)/t10-/m0/s1. The second-order valence-electron chi connectivity index (χ2n) is 3.35. The van der Waals surface area contributed by atoms with Crippen LogP contribution in [0, 0.1) is 6.92 Å². The third-order valence-corrected chi connectivity index (χ3v) is 2.12. The number of aryl methyl sites for hydroxylation is 1. The Hall–Kier alpha value is -1.57. The lowest BCUT2D eigenvalue weighted by molar-refractivity contribution is -0.117. The van der Waals surface area contributed by atoms with Gasteiger partial charge in [-0.05, 0) is 25.5 Å². The van der Waals surface area contributed by atoms with E-state index in [4.69, 9.17) is 0 Å². The third kappa shape index (κ3) is 2.73. The quantitative estimate of drug-likeness (QED) is 0.726. The molecule has 1 N–H and O–H groups in total. The van der Waals surface area contributed by atoms with Crippen molar-refractivity contribution in [2.45, 2.75) is 19.9 Å². The predicted octanol–water partition coefficient (Wildman–Crippen LogP) is 2.36. The first-order chi connectivity index (χ1) is 6.63. The lowest BCUT2D eigenvalue weighted by Crippen LogP contribution is -2.24. The Labute approximate surface area is 84.6 Å². The van der Waals surface area contributed by atoms with E-state index >= 15 is 0 Å². The molecule has 0 fully saturated rings. The van der Waals surface area contributed by atoms with Crippen LogP contribution in [-0.4, -0.2) is 5.91 Å². The van der Waals surface area contributed by atoms with Crippen molar-refractivity contribution >= 4 is 5.91 Å². The monoisotopic (exact) mass is 189 g/mol. The number of carbonyl (C=O) groups excluding carboxylic acids is 1. The molecule has 0 saturated heterocycles. The van der Waals surface area contributed by atoms with E-state index in [9.17, 15) is 4.79 Å². The first kappa shape index (κ1) is 10.5. The van der Waals surface area contributed by atoms with Crippen LogP contribution in [0.1, 0.15) is 24.1 Å². The zero-order chi connectivity index (χ0) is 10.6. The van der Waals surface area contributed by atoms with E-state index in [0.717, 1.165) is 5.56 Å². The van der Waals surface area contributed by atoms with Crippen molar-refractivity contribution in [2.75, 3.05) is 0 Å². The second-order valence-corrected chi connectivity index (χ2v) is 3.35. The maximum absolute atomic E-state index is 11.0. The van der Waals surface area contributed by atoms with Crippen molar-refractivity contribution in [2.24, 2.45) is 0 Å². The van der Waals surface area contributed by atoms with Gasteiger partial charge in [-0.3, -0.25) is 4.79 Å². The Morgan fingerprint density at radius 2 is 2.00 bits per heavy atom. The topological polar surface area (TPSA) is 29.1 Å². The van der Waals surface area contributed by atoms with Gasteiger partial charge >= 0.3 is 0 Å². The molecule has 0 heterocycles. The van der Waals surface area contributed by atoms with Crippen LogP contribution in [0.15, 0.2) is 36.9 Å². The minimum absolute atomic E-state index is 0.0288. The molecule has 14 heavy (non-hydrogen) atoms. The van der Waals surface area contributed by atoms with Gasteiger partial charge in [-0.2, -0.15) is 0 Å². The van der Waals surface area contributed by atoms with Gasteiger partial charge in [-0.25, -0.2) is 0 Å². The summed E-state index contributed by atoms with van der Waals surface area (Å²) in [5.41, 5.74) is 2.32. The molecule has 74 valence electrons. The van der Waals surface area contributed by atoms with Crippen LogP contribution in [0.25, 0.3) is 0 Å². The molecule has 2 heteroatoms. The summed E-state index contributed by atoms with van der Waals surface area (Å²) >= 11 is 0. The molecule has 1 amide bonds. The molecule has 1 aromatic rings. The van der Waals surface area contributed by atoms with Crippen LogP contribution < -0.4 is 5.32 Å². The molecule has 0 aromatic heterocycles. The highest BCUT2D eigenvalue weighted by molar-refractivity contribution is 5.87. The average Bonchev–Trinajstić information content (AvgIpc) is 2.18. The molecule has 1 rings (SSSR count). The molecule has 0 aliphatic rings. The molecular formula is C12H15NO. The number of rotatable bonds is 3. The lowest BCUT2D eigenvalue weighted by Gasteiger charge is -2.12. The number of amides is 1. The molecule has 0 saturated carbocycles. The first-order valence-corrected chi connectivity index (χ1v) is 4.63. The lowest BCUT2D eigenvalue weighted by atomic mass is 10.1. The summed E-state index contributed by atoms with van der Waals surface area (Å²) in [5, 5.41) is 2.81. The molecule has 0 bridgehead atoms. The van der Waals surface area contributed by atoms with Gasteiger partial charge < -0.3 is 5.32 Å². The summed E-state index contributed by atoms with van der Waals surface area (Å²) in [7, 11) is 0. The number of hydrogen-bond donors (Lipinski definition) is 1. The van der Waals surface area contributed by atoms with Gasteiger partial charge in [0.15, 0.2) is 0 Å². The van der Waals surface area contributed by atoms with Crippen LogP contribution in [0.4, 0.5) is 0 Å². The maximum atomic E-state index is 11.0. The van der Waals surface area contributed by atoms with Crippen LogP contribution >= 0.6 is 0 Å². The SMILES string of the molecule is C=CC(=O)N[C@@H](C)c1ccc(C)cc1. The summed E-state index contributed by atoms with van der Waals surface area (Å²) < 4.78 is 0. The average molecular weight is 189 g/mol. The number of carbonyl (C=O) groups is 1. The number of hydrogen-bond acceptors (Lipinski definition) is 1. The second kappa shape index (κ2) is 4.61. The zero-order valence-electron chi connectivity index (χ0n) is 8.58. The van der Waals surface area contributed by atoms with E-state index in [2.05, 4.69) is 11.9 Å². The zero-order valence-corrected chi connectivity index (χ0v) is 8.58. The van der Waals surface area contributed by atoms with E-state index in [-0.39, 0.29) is 11.9 Å². The van der Waals surface area contributed by atoms with E-state index < -0.39 is 0 Å². The van der Waals surface area contributed by atoms with E-state index in [0.29, 0.717) is 0 Å². The highest BCUT2D eigenvalue weighted by Gasteiger charge is 2.05. The van der Waals surface area contributed by atoms with E-state index in [1.54, 1.807) is 0 Å². The van der Waals surface area contributed by atoms with Crippen LogP contribution in [0.2, 0.25) is 0 Å². The molecule has 0 aliphatic heterocycles. The number of benzene rings is 1. The van der Waals surface area contributed by atoms with E-state index in [1.165, 1.54) is 11.6 Å². The summed E-state index contributed by atoms with van der Waals surface area (Å²) in [5.74, 6) is -0.141. The van der Waals surface area contributed by atoms with Gasteiger partial charge in [-0.1, -0.05) is 36.4 Å². The van der Waals surface area contributed by atoms with Gasteiger partial charge in [0.1, 0.15) is 0 Å². The highest BCUT2D eigenvalue weighted by atomic mass is 16.1. The van der Waals surface area contributed by atoms with Crippen molar-refractivity contribution in [3.8, 4) is 0 Å². The molecular weight excluding hydrogens is 174 g/mol. The molecule has 0 aliphatic carbocycles. The summed E-state index contributed by atoms with van der Waals surface area (Å²) in [6.45, 7) is 7.40. The first-order valence-electron chi connectivity index (χ1n) is 4.63. The fourth-order valence-electron chi connectivity index (χ4n) is 1.21. The van der Waals surface area contributed by atoms with Gasteiger partial charge in [0.2, 0.25) is 5.91 Å². The fourth-order valence-corrected chi connectivity index (χ4v) is 1.21. The smallest absolute Gasteiger partial charge is 0.243 e. The third-order valence-electron chi connectivity index (χ3n) is 2.12. The molecule has 0 spiro atoms. The fraction of sp³-hybridized carbons (Fsp3) is 0.250. The van der Waals surface area contributed by atoms with Crippen molar-refractivity contribution < 1.29 is 4.79 Å². The normalized spacial score (nSPS) is 11.9. The molecule has 2 nitrogen and oxygen atoms in total. The Morgan fingerprint density at radius 3 is 2.50 bits per heavy atom. The van der Waals surface area contributed by atoms with E-state index in [1.807, 2.05) is 38.1 Å². The summed E-state index contributed by atoms with van der Waals surface area (Å²) in [4.78, 5) is 11.0. The maximum Gasteiger partial charge on any atom is 0.243 e. The Kier molecular flexibility index (Phi) is 3.46. The van der Waals surface area contributed by atoms with Gasteiger partial charge in [0.05, 0.1) is 6.04 Å². The molecule has 0 radical (unpaired) electrons. The highest BCUT2D eigenvalue weighted by Crippen LogP contribution is 2.12. The van der Waals surface area contributed by atoms with Crippen molar-refractivity contribution in [1.82, 2.24) is 5.32 Å². The largest absolute Gasteiger partial charge is 0.346 e.